The minimum Gasteiger partial charge on any atom is -0.493 e. The molecule has 0 spiro atoms. The lowest BCUT2D eigenvalue weighted by Gasteiger charge is -2.30. The Labute approximate surface area is 235 Å². The van der Waals surface area contributed by atoms with Gasteiger partial charge < -0.3 is 14.2 Å². The summed E-state index contributed by atoms with van der Waals surface area (Å²) in [5.74, 6) is 7.72. The molecule has 1 fully saturated rings. The van der Waals surface area contributed by atoms with Gasteiger partial charge in [0, 0.05) is 40.6 Å². The molecule has 0 radical (unpaired) electrons. The van der Waals surface area contributed by atoms with E-state index in [0.29, 0.717) is 12.5 Å². The van der Waals surface area contributed by atoms with Crippen LogP contribution in [-0.4, -0.2) is 29.8 Å². The molecule has 0 amide bonds. The highest BCUT2D eigenvalue weighted by atomic mass is 16.6. The molecule has 1 atom stereocenters. The van der Waals surface area contributed by atoms with Crippen molar-refractivity contribution in [3.8, 4) is 28.7 Å². The van der Waals surface area contributed by atoms with Crippen LogP contribution in [-0.2, 0) is 20.7 Å². The predicted molar refractivity (Wildman–Crippen MR) is 158 cm³/mol. The number of pyridine rings is 1. The van der Waals surface area contributed by atoms with Crippen molar-refractivity contribution >= 4 is 27.6 Å². The molecule has 1 aliphatic heterocycles. The van der Waals surface area contributed by atoms with Crippen molar-refractivity contribution in [2.45, 2.75) is 65.6 Å². The van der Waals surface area contributed by atoms with Gasteiger partial charge in [0.15, 0.2) is 6.10 Å². The van der Waals surface area contributed by atoms with Crippen molar-refractivity contribution in [3.63, 3.8) is 0 Å². The number of benzene rings is 3. The van der Waals surface area contributed by atoms with Gasteiger partial charge in [0.1, 0.15) is 5.75 Å². The van der Waals surface area contributed by atoms with Gasteiger partial charge in [-0.15, -0.1) is 0 Å². The lowest BCUT2D eigenvalue weighted by atomic mass is 9.85. The number of ether oxygens (including phenoxy) is 3. The van der Waals surface area contributed by atoms with Crippen LogP contribution in [0.2, 0.25) is 0 Å². The fraction of sp³-hybridized carbons (Fsp3) is 0.371. The second kappa shape index (κ2) is 10.3. The number of aromatic nitrogens is 1. The second-order valence-electron chi connectivity index (χ2n) is 11.7. The van der Waals surface area contributed by atoms with Crippen LogP contribution in [0.15, 0.2) is 48.7 Å². The van der Waals surface area contributed by atoms with Crippen LogP contribution in [0.1, 0.15) is 68.9 Å². The average molecular weight is 534 g/mol. The summed E-state index contributed by atoms with van der Waals surface area (Å²) in [5.41, 5.74) is 6.12. The zero-order valence-corrected chi connectivity index (χ0v) is 23.9. The highest BCUT2D eigenvalue weighted by Crippen LogP contribution is 2.45. The Balaban J connectivity index is 1.66. The Kier molecular flexibility index (Phi) is 6.76. The second-order valence-corrected chi connectivity index (χ2v) is 11.7. The molecule has 204 valence electrons. The molecule has 0 N–H and O–H groups in total. The summed E-state index contributed by atoms with van der Waals surface area (Å²) in [6.45, 7) is 10.7. The largest absolute Gasteiger partial charge is 0.493 e. The molecule has 0 unspecified atom stereocenters. The van der Waals surface area contributed by atoms with E-state index in [1.807, 2.05) is 46.9 Å². The molecule has 0 saturated heterocycles. The summed E-state index contributed by atoms with van der Waals surface area (Å²) in [6.07, 6.45) is 4.18. The maximum absolute atomic E-state index is 13.5. The zero-order valence-electron chi connectivity index (χ0n) is 23.9. The van der Waals surface area contributed by atoms with Gasteiger partial charge in [-0.1, -0.05) is 24.0 Å². The highest BCUT2D eigenvalue weighted by Gasteiger charge is 2.33. The molecule has 2 heterocycles. The number of esters is 1. The van der Waals surface area contributed by atoms with E-state index >= 15 is 0 Å². The van der Waals surface area contributed by atoms with Gasteiger partial charge in [-0.2, -0.15) is 0 Å². The number of fused-ring (bicyclic) bond motifs is 1. The van der Waals surface area contributed by atoms with Crippen molar-refractivity contribution in [1.29, 1.82) is 0 Å². The first-order chi connectivity index (χ1) is 19.2. The molecule has 5 nitrogen and oxygen atoms in total. The molecule has 1 aromatic heterocycles. The van der Waals surface area contributed by atoms with Crippen LogP contribution in [0.4, 0.5) is 0 Å². The number of hydrogen-bond acceptors (Lipinski definition) is 5. The van der Waals surface area contributed by atoms with Crippen LogP contribution in [0.25, 0.3) is 32.8 Å². The minimum atomic E-state index is -0.907. The third-order valence-corrected chi connectivity index (χ3v) is 7.46. The van der Waals surface area contributed by atoms with Gasteiger partial charge in [0.25, 0.3) is 0 Å². The van der Waals surface area contributed by atoms with Crippen LogP contribution < -0.4 is 4.74 Å². The smallest absolute Gasteiger partial charge is 0.339 e. The van der Waals surface area contributed by atoms with E-state index in [9.17, 15) is 4.79 Å². The molecule has 6 rings (SSSR count). The SMILES string of the molecule is CCOC(=O)[C@@H](OC(C)(C)C)c1c(C)cc2cc(C#CC3CC3)ccc2c1-c1ccc2c3c(ccnc13)CCO2. The molecular formula is C35H35NO4. The van der Waals surface area contributed by atoms with E-state index in [2.05, 4.69) is 48.2 Å². The van der Waals surface area contributed by atoms with E-state index in [4.69, 9.17) is 19.2 Å². The van der Waals surface area contributed by atoms with E-state index in [1.54, 1.807) is 0 Å². The third kappa shape index (κ3) is 5.05. The van der Waals surface area contributed by atoms with Gasteiger partial charge in [-0.25, -0.2) is 4.79 Å². The number of carbonyl (C=O) groups excluding carboxylic acids is 1. The van der Waals surface area contributed by atoms with Crippen LogP contribution >= 0.6 is 0 Å². The molecule has 5 heteroatoms. The van der Waals surface area contributed by atoms with E-state index in [0.717, 1.165) is 61.7 Å². The van der Waals surface area contributed by atoms with E-state index in [-0.39, 0.29) is 6.61 Å². The number of nitrogens with zero attached hydrogens (tertiary/aromatic N) is 1. The number of rotatable bonds is 5. The summed E-state index contributed by atoms with van der Waals surface area (Å²) in [6, 6.07) is 14.6. The molecule has 1 aliphatic carbocycles. The van der Waals surface area contributed by atoms with Crippen molar-refractivity contribution in [2.24, 2.45) is 5.92 Å². The van der Waals surface area contributed by atoms with E-state index < -0.39 is 17.7 Å². The van der Waals surface area contributed by atoms with Gasteiger partial charge in [-0.3, -0.25) is 4.98 Å². The van der Waals surface area contributed by atoms with Crippen molar-refractivity contribution in [3.05, 3.63) is 70.9 Å². The summed E-state index contributed by atoms with van der Waals surface area (Å²) in [7, 11) is 0. The lowest BCUT2D eigenvalue weighted by molar-refractivity contribution is -0.166. The van der Waals surface area contributed by atoms with Crippen LogP contribution in [0.5, 0.6) is 5.75 Å². The molecule has 4 aromatic rings. The minimum absolute atomic E-state index is 0.272. The Hall–Kier alpha value is -3.88. The van der Waals surface area contributed by atoms with Crippen LogP contribution in [0.3, 0.4) is 0 Å². The van der Waals surface area contributed by atoms with E-state index in [1.165, 1.54) is 18.4 Å². The standard InChI is InChI=1S/C35H35NO4/c1-6-38-34(37)33(40-35(3,4)5)29-21(2)19-25-20-23(10-9-22-7-8-22)11-12-26(25)31(29)27-13-14-28-30-24(16-18-39-28)15-17-36-32(27)30/h11-15,17,19-20,22,33H,6-8,16,18H2,1-5H3/t33-/m0/s1. The fourth-order valence-corrected chi connectivity index (χ4v) is 5.58. The van der Waals surface area contributed by atoms with Crippen LogP contribution in [0, 0.1) is 24.7 Å². The first-order valence-corrected chi connectivity index (χ1v) is 14.2. The average Bonchev–Trinajstić information content (AvgIpc) is 3.75. The molecule has 1 saturated carbocycles. The molecule has 40 heavy (non-hydrogen) atoms. The zero-order chi connectivity index (χ0) is 28.0. The predicted octanol–water partition coefficient (Wildman–Crippen LogP) is 7.48. The summed E-state index contributed by atoms with van der Waals surface area (Å²) < 4.78 is 18.1. The lowest BCUT2D eigenvalue weighted by Crippen LogP contribution is -2.29. The molecule has 0 bridgehead atoms. The quantitative estimate of drug-likeness (QED) is 0.197. The molecular weight excluding hydrogens is 498 g/mol. The fourth-order valence-electron chi connectivity index (χ4n) is 5.58. The number of carbonyl (C=O) groups is 1. The van der Waals surface area contributed by atoms with Crippen molar-refractivity contribution in [1.82, 2.24) is 4.98 Å². The summed E-state index contributed by atoms with van der Waals surface area (Å²) in [5, 5.41) is 3.11. The number of hydrogen-bond donors (Lipinski definition) is 0. The summed E-state index contributed by atoms with van der Waals surface area (Å²) >= 11 is 0. The maximum atomic E-state index is 13.5. The van der Waals surface area contributed by atoms with Crippen molar-refractivity contribution in [2.75, 3.05) is 13.2 Å². The molecule has 3 aromatic carbocycles. The highest BCUT2D eigenvalue weighted by molar-refractivity contribution is 6.09. The number of aryl methyl sites for hydroxylation is 1. The Morgan fingerprint density at radius 1 is 1.15 bits per heavy atom. The van der Waals surface area contributed by atoms with Gasteiger partial charge in [-0.05, 0) is 105 Å². The first kappa shape index (κ1) is 26.3. The van der Waals surface area contributed by atoms with Crippen molar-refractivity contribution < 1.29 is 19.0 Å². The van der Waals surface area contributed by atoms with Gasteiger partial charge in [0.2, 0.25) is 0 Å². The maximum Gasteiger partial charge on any atom is 0.339 e. The normalized spacial score (nSPS) is 15.3. The Morgan fingerprint density at radius 2 is 1.98 bits per heavy atom. The summed E-state index contributed by atoms with van der Waals surface area (Å²) in [4.78, 5) is 18.4. The molecule has 2 aliphatic rings. The van der Waals surface area contributed by atoms with Gasteiger partial charge >= 0.3 is 5.97 Å². The topological polar surface area (TPSA) is 57.7 Å². The third-order valence-electron chi connectivity index (χ3n) is 7.46. The Bertz CT molecular complexity index is 1690. The Morgan fingerprint density at radius 3 is 2.73 bits per heavy atom. The monoisotopic (exact) mass is 533 g/mol. The first-order valence-electron chi connectivity index (χ1n) is 14.2. The van der Waals surface area contributed by atoms with Gasteiger partial charge in [0.05, 0.1) is 24.3 Å².